The van der Waals surface area contributed by atoms with Crippen LogP contribution < -0.4 is 5.32 Å². The Morgan fingerprint density at radius 2 is 2.21 bits per heavy atom. The van der Waals surface area contributed by atoms with Crippen molar-refractivity contribution in [3.8, 4) is 0 Å². The van der Waals surface area contributed by atoms with Gasteiger partial charge < -0.3 is 5.32 Å². The van der Waals surface area contributed by atoms with Gasteiger partial charge in [0.15, 0.2) is 0 Å². The van der Waals surface area contributed by atoms with Crippen molar-refractivity contribution in [1.29, 1.82) is 0 Å². The van der Waals surface area contributed by atoms with E-state index in [4.69, 9.17) is 0 Å². The summed E-state index contributed by atoms with van der Waals surface area (Å²) in [6, 6.07) is 2.33. The molecule has 0 aliphatic carbocycles. The number of hydrogen-bond acceptors (Lipinski definition) is 3. The van der Waals surface area contributed by atoms with E-state index in [0.29, 0.717) is 5.37 Å². The highest BCUT2D eigenvalue weighted by molar-refractivity contribution is 7.99. The second-order valence-electron chi connectivity index (χ2n) is 4.10. The quantitative estimate of drug-likeness (QED) is 0.790. The third kappa shape index (κ3) is 2.15. The fraction of sp³-hybridized carbons (Fsp3) is 0.636. The van der Waals surface area contributed by atoms with Crippen molar-refractivity contribution >= 4 is 23.1 Å². The first kappa shape index (κ1) is 10.5. The predicted octanol–water partition coefficient (Wildman–Crippen LogP) is 3.34. The second-order valence-corrected chi connectivity index (χ2v) is 6.69. The maximum absolute atomic E-state index is 3.61. The first-order valence-corrected chi connectivity index (χ1v) is 6.95. The summed E-state index contributed by atoms with van der Waals surface area (Å²) in [4.78, 5) is 2.90. The van der Waals surface area contributed by atoms with Gasteiger partial charge in [-0.2, -0.15) is 0 Å². The molecule has 0 spiro atoms. The molecule has 0 amide bonds. The highest BCUT2D eigenvalue weighted by Gasteiger charge is 2.21. The van der Waals surface area contributed by atoms with E-state index in [1.807, 2.05) is 23.1 Å². The van der Waals surface area contributed by atoms with Crippen LogP contribution in [0.3, 0.4) is 0 Å². The van der Waals surface area contributed by atoms with Gasteiger partial charge in [0.25, 0.3) is 0 Å². The Hall–Kier alpha value is 0.01000. The summed E-state index contributed by atoms with van der Waals surface area (Å²) in [7, 11) is 0. The molecule has 2 atom stereocenters. The van der Waals surface area contributed by atoms with Gasteiger partial charge in [0.2, 0.25) is 0 Å². The summed E-state index contributed by atoms with van der Waals surface area (Å²) in [6.45, 7) is 7.89. The van der Waals surface area contributed by atoms with Crippen LogP contribution in [0.1, 0.15) is 27.6 Å². The lowest BCUT2D eigenvalue weighted by Crippen LogP contribution is -2.31. The number of thiophene rings is 1. The van der Waals surface area contributed by atoms with E-state index in [1.165, 1.54) is 21.1 Å². The molecule has 1 aliphatic heterocycles. The molecule has 1 aromatic heterocycles. The van der Waals surface area contributed by atoms with Crippen LogP contribution in [0.4, 0.5) is 0 Å². The van der Waals surface area contributed by atoms with Crippen molar-refractivity contribution in [3.05, 3.63) is 21.4 Å². The Balaban J connectivity index is 2.11. The smallest absolute Gasteiger partial charge is 0.0800 e. The molecular weight excluding hydrogens is 210 g/mol. The molecule has 1 nitrogen and oxygen atoms in total. The highest BCUT2D eigenvalue weighted by atomic mass is 32.2. The fourth-order valence-corrected chi connectivity index (χ4v) is 4.11. The normalized spacial score (nSPS) is 27.9. The molecule has 1 aromatic rings. The van der Waals surface area contributed by atoms with Gasteiger partial charge in [-0.1, -0.05) is 6.92 Å². The standard InChI is InChI=1S/C11H17NS2/c1-7-5-12-11(13-6-7)10-4-8(2)14-9(10)3/h4,7,11-12H,5-6H2,1-3H3. The number of nitrogens with one attached hydrogen (secondary N) is 1. The Labute approximate surface area is 94.3 Å². The molecule has 0 radical (unpaired) electrons. The minimum absolute atomic E-state index is 0.538. The van der Waals surface area contributed by atoms with Crippen molar-refractivity contribution in [2.75, 3.05) is 12.3 Å². The SMILES string of the molecule is Cc1cc(C2NCC(C)CS2)c(C)s1. The van der Waals surface area contributed by atoms with Crippen molar-refractivity contribution in [3.63, 3.8) is 0 Å². The Kier molecular flexibility index (Phi) is 3.20. The first-order valence-electron chi connectivity index (χ1n) is 5.08. The van der Waals surface area contributed by atoms with E-state index < -0.39 is 0 Å². The average Bonchev–Trinajstić information content (AvgIpc) is 2.47. The maximum atomic E-state index is 3.61. The minimum Gasteiger partial charge on any atom is -0.301 e. The summed E-state index contributed by atoms with van der Waals surface area (Å²) in [5.74, 6) is 2.10. The number of aryl methyl sites for hydroxylation is 2. The molecule has 2 rings (SSSR count). The van der Waals surface area contributed by atoms with Crippen molar-refractivity contribution in [1.82, 2.24) is 5.32 Å². The molecule has 0 saturated carbocycles. The van der Waals surface area contributed by atoms with Crippen molar-refractivity contribution < 1.29 is 0 Å². The average molecular weight is 227 g/mol. The van der Waals surface area contributed by atoms with E-state index >= 15 is 0 Å². The molecule has 2 unspecified atom stereocenters. The maximum Gasteiger partial charge on any atom is 0.0800 e. The van der Waals surface area contributed by atoms with Crippen molar-refractivity contribution in [2.24, 2.45) is 5.92 Å². The van der Waals surface area contributed by atoms with Gasteiger partial charge in [0, 0.05) is 9.75 Å². The van der Waals surface area contributed by atoms with Crippen molar-refractivity contribution in [2.45, 2.75) is 26.1 Å². The summed E-state index contributed by atoms with van der Waals surface area (Å²) < 4.78 is 0. The molecule has 2 heterocycles. The lowest BCUT2D eigenvalue weighted by atomic mass is 10.2. The summed E-state index contributed by atoms with van der Waals surface area (Å²) >= 11 is 3.96. The summed E-state index contributed by atoms with van der Waals surface area (Å²) in [5.41, 5.74) is 1.50. The fourth-order valence-electron chi connectivity index (χ4n) is 1.80. The zero-order valence-electron chi connectivity index (χ0n) is 8.96. The molecule has 1 aliphatic rings. The largest absolute Gasteiger partial charge is 0.301 e. The van der Waals surface area contributed by atoms with Gasteiger partial charge >= 0.3 is 0 Å². The Bertz CT molecular complexity index is 311. The van der Waals surface area contributed by atoms with Gasteiger partial charge in [-0.05, 0) is 43.7 Å². The Morgan fingerprint density at radius 3 is 2.71 bits per heavy atom. The molecule has 78 valence electrons. The molecule has 1 N–H and O–H groups in total. The van der Waals surface area contributed by atoms with Crippen LogP contribution in [0.25, 0.3) is 0 Å². The molecule has 0 bridgehead atoms. The molecule has 14 heavy (non-hydrogen) atoms. The van der Waals surface area contributed by atoms with Gasteiger partial charge in [-0.15, -0.1) is 23.1 Å². The van der Waals surface area contributed by atoms with Gasteiger partial charge in [0.1, 0.15) is 0 Å². The topological polar surface area (TPSA) is 12.0 Å². The first-order chi connectivity index (χ1) is 6.66. The van der Waals surface area contributed by atoms with Gasteiger partial charge in [-0.3, -0.25) is 0 Å². The van der Waals surface area contributed by atoms with Crippen LogP contribution in [-0.2, 0) is 0 Å². The third-order valence-electron chi connectivity index (χ3n) is 2.56. The third-order valence-corrected chi connectivity index (χ3v) is 5.06. The van der Waals surface area contributed by atoms with Crippen LogP contribution in [-0.4, -0.2) is 12.3 Å². The zero-order chi connectivity index (χ0) is 10.1. The second kappa shape index (κ2) is 4.25. The van der Waals surface area contributed by atoms with E-state index in [2.05, 4.69) is 32.2 Å². The van der Waals surface area contributed by atoms with Gasteiger partial charge in [0.05, 0.1) is 5.37 Å². The van der Waals surface area contributed by atoms with E-state index in [0.717, 1.165) is 12.5 Å². The lowest BCUT2D eigenvalue weighted by Gasteiger charge is -2.27. The van der Waals surface area contributed by atoms with Crippen LogP contribution in [0.5, 0.6) is 0 Å². The molecule has 1 fully saturated rings. The summed E-state index contributed by atoms with van der Waals surface area (Å²) in [6.07, 6.45) is 0. The molecule has 3 heteroatoms. The number of rotatable bonds is 1. The van der Waals surface area contributed by atoms with Crippen LogP contribution in [0, 0.1) is 19.8 Å². The minimum atomic E-state index is 0.538. The van der Waals surface area contributed by atoms with Crippen LogP contribution in [0.15, 0.2) is 6.07 Å². The summed E-state index contributed by atoms with van der Waals surface area (Å²) in [5, 5.41) is 4.15. The Morgan fingerprint density at radius 1 is 1.43 bits per heavy atom. The lowest BCUT2D eigenvalue weighted by molar-refractivity contribution is 0.529. The van der Waals surface area contributed by atoms with E-state index in [1.54, 1.807) is 0 Å². The molecule has 0 aromatic carbocycles. The monoisotopic (exact) mass is 227 g/mol. The van der Waals surface area contributed by atoms with E-state index in [-0.39, 0.29) is 0 Å². The number of hydrogen-bond donors (Lipinski definition) is 1. The van der Waals surface area contributed by atoms with E-state index in [9.17, 15) is 0 Å². The number of thioether (sulfide) groups is 1. The highest BCUT2D eigenvalue weighted by Crippen LogP contribution is 2.36. The van der Waals surface area contributed by atoms with Gasteiger partial charge in [-0.25, -0.2) is 0 Å². The predicted molar refractivity (Wildman–Crippen MR) is 66.2 cm³/mol. The molecule has 1 saturated heterocycles. The van der Waals surface area contributed by atoms with Crippen LogP contribution >= 0.6 is 23.1 Å². The van der Waals surface area contributed by atoms with Crippen LogP contribution in [0.2, 0.25) is 0 Å². The molecular formula is C11H17NS2. The zero-order valence-corrected chi connectivity index (χ0v) is 10.6.